The summed E-state index contributed by atoms with van der Waals surface area (Å²) in [7, 11) is 3.44. The van der Waals surface area contributed by atoms with Gasteiger partial charge in [-0.2, -0.15) is 4.98 Å². The van der Waals surface area contributed by atoms with Crippen LogP contribution in [-0.4, -0.2) is 29.0 Å². The molecule has 2 rings (SSSR count). The summed E-state index contributed by atoms with van der Waals surface area (Å²) in [6, 6.07) is 3.93. The summed E-state index contributed by atoms with van der Waals surface area (Å²) in [5.41, 5.74) is -0.0990. The van der Waals surface area contributed by atoms with Gasteiger partial charge in [-0.3, -0.25) is 10.1 Å². The lowest BCUT2D eigenvalue weighted by Crippen LogP contribution is -2.19. The molecular formula is C11H13N5O2S. The zero-order valence-electron chi connectivity index (χ0n) is 10.5. The molecule has 0 fully saturated rings. The molecule has 100 valence electrons. The van der Waals surface area contributed by atoms with E-state index < -0.39 is 4.92 Å². The molecule has 19 heavy (non-hydrogen) atoms. The summed E-state index contributed by atoms with van der Waals surface area (Å²) < 4.78 is 0. The van der Waals surface area contributed by atoms with E-state index in [4.69, 9.17) is 0 Å². The van der Waals surface area contributed by atoms with Crippen molar-refractivity contribution >= 4 is 28.8 Å². The van der Waals surface area contributed by atoms with E-state index in [-0.39, 0.29) is 5.69 Å². The Labute approximate surface area is 114 Å². The van der Waals surface area contributed by atoms with Crippen LogP contribution in [0, 0.1) is 10.1 Å². The minimum atomic E-state index is -0.473. The van der Waals surface area contributed by atoms with Gasteiger partial charge in [0.15, 0.2) is 0 Å². The predicted octanol–water partition coefficient (Wildman–Crippen LogP) is 2.12. The SMILES string of the molecule is CNc1ncc([N+](=O)[O-])c(N(C)Cc2cccs2)n1. The normalized spacial score (nSPS) is 10.2. The third kappa shape index (κ3) is 2.97. The number of nitrogens with one attached hydrogen (secondary N) is 1. The maximum absolute atomic E-state index is 11.0. The van der Waals surface area contributed by atoms with Crippen LogP contribution >= 0.6 is 11.3 Å². The van der Waals surface area contributed by atoms with Crippen LogP contribution in [0.3, 0.4) is 0 Å². The first kappa shape index (κ1) is 13.2. The van der Waals surface area contributed by atoms with Gasteiger partial charge in [0.05, 0.1) is 11.5 Å². The van der Waals surface area contributed by atoms with Crippen LogP contribution in [0.15, 0.2) is 23.7 Å². The van der Waals surface area contributed by atoms with Crippen molar-refractivity contribution in [3.05, 3.63) is 38.7 Å². The smallest absolute Gasteiger partial charge is 0.329 e. The Kier molecular flexibility index (Phi) is 3.91. The lowest BCUT2D eigenvalue weighted by Gasteiger charge is -2.17. The monoisotopic (exact) mass is 279 g/mol. The molecule has 2 aromatic rings. The number of nitro groups is 1. The third-order valence-electron chi connectivity index (χ3n) is 2.51. The first-order valence-electron chi connectivity index (χ1n) is 5.54. The number of anilines is 2. The second-order valence-corrected chi connectivity index (χ2v) is 4.88. The van der Waals surface area contributed by atoms with Crippen LogP contribution in [-0.2, 0) is 6.54 Å². The quantitative estimate of drug-likeness (QED) is 0.666. The van der Waals surface area contributed by atoms with Gasteiger partial charge in [-0.15, -0.1) is 11.3 Å². The van der Waals surface area contributed by atoms with E-state index in [1.807, 2.05) is 17.5 Å². The first-order chi connectivity index (χ1) is 9.11. The number of thiophene rings is 1. The van der Waals surface area contributed by atoms with E-state index in [0.29, 0.717) is 18.3 Å². The fourth-order valence-electron chi connectivity index (χ4n) is 1.61. The van der Waals surface area contributed by atoms with Crippen LogP contribution in [0.5, 0.6) is 0 Å². The average molecular weight is 279 g/mol. The lowest BCUT2D eigenvalue weighted by molar-refractivity contribution is -0.384. The van der Waals surface area contributed by atoms with Gasteiger partial charge in [0.2, 0.25) is 11.8 Å². The molecule has 0 aliphatic rings. The Hall–Kier alpha value is -2.22. The molecule has 0 amide bonds. The standard InChI is InChI=1S/C11H13N5O2S/c1-12-11-13-6-9(16(17)18)10(14-11)15(2)7-8-4-3-5-19-8/h3-6H,7H2,1-2H3,(H,12,13,14). The summed E-state index contributed by atoms with van der Waals surface area (Å²) >= 11 is 1.60. The van der Waals surface area contributed by atoms with Crippen molar-refractivity contribution in [2.45, 2.75) is 6.54 Å². The molecule has 2 aromatic heterocycles. The van der Waals surface area contributed by atoms with Gasteiger partial charge in [-0.1, -0.05) is 6.07 Å². The molecule has 0 aromatic carbocycles. The third-order valence-corrected chi connectivity index (χ3v) is 3.37. The topological polar surface area (TPSA) is 84.2 Å². The maximum Gasteiger partial charge on any atom is 0.329 e. The second-order valence-electron chi connectivity index (χ2n) is 3.84. The van der Waals surface area contributed by atoms with Crippen molar-refractivity contribution in [3.8, 4) is 0 Å². The van der Waals surface area contributed by atoms with Crippen LogP contribution < -0.4 is 10.2 Å². The highest BCUT2D eigenvalue weighted by Gasteiger charge is 2.20. The van der Waals surface area contributed by atoms with Crippen molar-refractivity contribution in [1.29, 1.82) is 0 Å². The van der Waals surface area contributed by atoms with E-state index >= 15 is 0 Å². The Morgan fingerprint density at radius 2 is 2.37 bits per heavy atom. The van der Waals surface area contributed by atoms with E-state index in [1.165, 1.54) is 6.20 Å². The highest BCUT2D eigenvalue weighted by molar-refractivity contribution is 7.09. The largest absolute Gasteiger partial charge is 0.357 e. The molecule has 0 bridgehead atoms. The minimum absolute atomic E-state index is 0.0990. The molecule has 0 aliphatic carbocycles. The summed E-state index contributed by atoms with van der Waals surface area (Å²) in [6.45, 7) is 0.568. The van der Waals surface area contributed by atoms with Crippen molar-refractivity contribution in [2.75, 3.05) is 24.3 Å². The Bertz CT molecular complexity index is 572. The second kappa shape index (κ2) is 5.61. The Morgan fingerprint density at radius 3 is 2.95 bits per heavy atom. The molecule has 1 N–H and O–H groups in total. The zero-order valence-corrected chi connectivity index (χ0v) is 11.3. The minimum Gasteiger partial charge on any atom is -0.357 e. The zero-order chi connectivity index (χ0) is 13.8. The fraction of sp³-hybridized carbons (Fsp3) is 0.273. The number of aromatic nitrogens is 2. The Morgan fingerprint density at radius 1 is 1.58 bits per heavy atom. The first-order valence-corrected chi connectivity index (χ1v) is 6.42. The molecule has 0 atom stereocenters. The molecule has 0 unspecified atom stereocenters. The van der Waals surface area contributed by atoms with E-state index in [9.17, 15) is 10.1 Å². The maximum atomic E-state index is 11.0. The lowest BCUT2D eigenvalue weighted by atomic mass is 10.4. The summed E-state index contributed by atoms with van der Waals surface area (Å²) in [5, 5.41) is 15.8. The average Bonchev–Trinajstić information content (AvgIpc) is 2.90. The highest BCUT2D eigenvalue weighted by Crippen LogP contribution is 2.26. The fourth-order valence-corrected chi connectivity index (χ4v) is 2.37. The van der Waals surface area contributed by atoms with Gasteiger partial charge >= 0.3 is 5.69 Å². The van der Waals surface area contributed by atoms with Gasteiger partial charge in [-0.05, 0) is 11.4 Å². The molecule has 7 nitrogen and oxygen atoms in total. The van der Waals surface area contributed by atoms with Gasteiger partial charge in [0.1, 0.15) is 6.20 Å². The molecule has 2 heterocycles. The van der Waals surface area contributed by atoms with Crippen molar-refractivity contribution in [3.63, 3.8) is 0 Å². The number of hydrogen-bond donors (Lipinski definition) is 1. The van der Waals surface area contributed by atoms with Crippen LogP contribution in [0.25, 0.3) is 0 Å². The van der Waals surface area contributed by atoms with Gasteiger partial charge in [0.25, 0.3) is 0 Å². The summed E-state index contributed by atoms with van der Waals surface area (Å²) in [5.74, 6) is 0.663. The van der Waals surface area contributed by atoms with E-state index in [1.54, 1.807) is 30.3 Å². The van der Waals surface area contributed by atoms with Gasteiger partial charge < -0.3 is 10.2 Å². The van der Waals surface area contributed by atoms with Crippen LogP contribution in [0.2, 0.25) is 0 Å². The molecule has 0 saturated heterocycles. The number of rotatable bonds is 5. The van der Waals surface area contributed by atoms with Crippen LogP contribution in [0.1, 0.15) is 4.88 Å². The van der Waals surface area contributed by atoms with Crippen molar-refractivity contribution in [1.82, 2.24) is 9.97 Å². The Balaban J connectivity index is 2.32. The summed E-state index contributed by atoms with van der Waals surface area (Å²) in [6.07, 6.45) is 1.22. The number of nitrogens with zero attached hydrogens (tertiary/aromatic N) is 4. The molecule has 0 aliphatic heterocycles. The van der Waals surface area contributed by atoms with E-state index in [2.05, 4.69) is 15.3 Å². The summed E-state index contributed by atoms with van der Waals surface area (Å²) in [4.78, 5) is 21.4. The molecule has 0 radical (unpaired) electrons. The van der Waals surface area contributed by atoms with Crippen molar-refractivity contribution < 1.29 is 4.92 Å². The predicted molar refractivity (Wildman–Crippen MR) is 74.7 cm³/mol. The van der Waals surface area contributed by atoms with Gasteiger partial charge in [0, 0.05) is 19.0 Å². The van der Waals surface area contributed by atoms with Crippen LogP contribution in [0.4, 0.5) is 17.5 Å². The number of hydrogen-bond acceptors (Lipinski definition) is 7. The van der Waals surface area contributed by atoms with E-state index in [0.717, 1.165) is 4.88 Å². The molecule has 0 spiro atoms. The highest BCUT2D eigenvalue weighted by atomic mass is 32.1. The molecule has 0 saturated carbocycles. The van der Waals surface area contributed by atoms with Crippen molar-refractivity contribution in [2.24, 2.45) is 0 Å². The molecule has 8 heteroatoms. The van der Waals surface area contributed by atoms with Gasteiger partial charge in [-0.25, -0.2) is 4.98 Å². The molecular weight excluding hydrogens is 266 g/mol.